The van der Waals surface area contributed by atoms with Crippen molar-refractivity contribution in [3.05, 3.63) is 64.5 Å². The molecule has 5 nitrogen and oxygen atoms in total. The molecule has 0 saturated heterocycles. The maximum Gasteiger partial charge on any atom is 0.340 e. The van der Waals surface area contributed by atoms with E-state index in [2.05, 4.69) is 5.32 Å². The van der Waals surface area contributed by atoms with E-state index in [1.165, 1.54) is 24.8 Å². The van der Waals surface area contributed by atoms with E-state index in [-0.39, 0.29) is 11.7 Å². The normalized spacial score (nSPS) is 10.7. The van der Waals surface area contributed by atoms with Crippen LogP contribution in [-0.2, 0) is 10.5 Å². The Bertz CT molecular complexity index is 965. The first-order valence-electron chi connectivity index (χ1n) is 7.27. The van der Waals surface area contributed by atoms with Gasteiger partial charge in [-0.15, -0.1) is 11.8 Å². The molecule has 0 aliphatic heterocycles. The van der Waals surface area contributed by atoms with Crippen LogP contribution in [0.5, 0.6) is 5.75 Å². The van der Waals surface area contributed by atoms with Gasteiger partial charge in [0.15, 0.2) is 0 Å². The third-order valence-electron chi connectivity index (χ3n) is 3.34. The Hall–Kier alpha value is -2.73. The van der Waals surface area contributed by atoms with Gasteiger partial charge in [0.25, 0.3) is 0 Å². The van der Waals surface area contributed by atoms with Crippen LogP contribution >= 0.6 is 11.8 Å². The molecule has 0 aliphatic rings. The maximum atomic E-state index is 12.1. The SMILES string of the molecule is CC(=O)Nc1cccc(SCc2cc3ccc(O)cc3oc2=O)c1. The molecule has 0 spiro atoms. The van der Waals surface area contributed by atoms with E-state index in [4.69, 9.17) is 4.42 Å². The van der Waals surface area contributed by atoms with Crippen LogP contribution in [0.3, 0.4) is 0 Å². The average Bonchev–Trinajstić information content (AvgIpc) is 2.52. The Labute approximate surface area is 142 Å². The number of hydrogen-bond donors (Lipinski definition) is 2. The van der Waals surface area contributed by atoms with Gasteiger partial charge in [-0.05, 0) is 36.4 Å². The fraction of sp³-hybridized carbons (Fsp3) is 0.111. The first-order chi connectivity index (χ1) is 11.5. The second kappa shape index (κ2) is 6.80. The summed E-state index contributed by atoms with van der Waals surface area (Å²) in [6.45, 7) is 1.46. The number of aromatic hydroxyl groups is 1. The van der Waals surface area contributed by atoms with Gasteiger partial charge in [-0.25, -0.2) is 4.79 Å². The number of benzene rings is 2. The lowest BCUT2D eigenvalue weighted by atomic mass is 10.2. The van der Waals surface area contributed by atoms with E-state index >= 15 is 0 Å². The zero-order valence-electron chi connectivity index (χ0n) is 12.9. The number of rotatable bonds is 4. The van der Waals surface area contributed by atoms with Crippen LogP contribution in [0.1, 0.15) is 12.5 Å². The minimum atomic E-state index is -0.418. The van der Waals surface area contributed by atoms with Gasteiger partial charge >= 0.3 is 5.63 Å². The third kappa shape index (κ3) is 3.78. The van der Waals surface area contributed by atoms with Gasteiger partial charge in [0, 0.05) is 40.3 Å². The lowest BCUT2D eigenvalue weighted by Crippen LogP contribution is -2.06. The summed E-state index contributed by atoms with van der Waals surface area (Å²) in [4.78, 5) is 24.1. The zero-order valence-corrected chi connectivity index (χ0v) is 13.7. The summed E-state index contributed by atoms with van der Waals surface area (Å²) in [5, 5.41) is 12.9. The van der Waals surface area contributed by atoms with Gasteiger partial charge < -0.3 is 14.8 Å². The van der Waals surface area contributed by atoms with Crippen LogP contribution in [0.25, 0.3) is 11.0 Å². The van der Waals surface area contributed by atoms with Gasteiger partial charge in [0.1, 0.15) is 11.3 Å². The van der Waals surface area contributed by atoms with Crippen LogP contribution < -0.4 is 10.9 Å². The molecule has 0 aliphatic carbocycles. The Morgan fingerprint density at radius 2 is 2.04 bits per heavy atom. The summed E-state index contributed by atoms with van der Waals surface area (Å²) in [6.07, 6.45) is 0. The Morgan fingerprint density at radius 1 is 1.21 bits per heavy atom. The molecule has 122 valence electrons. The number of fused-ring (bicyclic) bond motifs is 1. The Morgan fingerprint density at radius 3 is 2.83 bits per heavy atom. The highest BCUT2D eigenvalue weighted by atomic mass is 32.2. The molecule has 1 heterocycles. The standard InChI is InChI=1S/C18H15NO4S/c1-11(20)19-14-3-2-4-16(8-14)24-10-13-7-12-5-6-15(21)9-17(12)23-18(13)22/h2-9,21H,10H2,1H3,(H,19,20). The number of hydrogen-bond acceptors (Lipinski definition) is 5. The molecule has 2 aromatic carbocycles. The summed E-state index contributed by atoms with van der Waals surface area (Å²) in [6, 6.07) is 13.9. The van der Waals surface area contributed by atoms with Gasteiger partial charge in [-0.3, -0.25) is 4.79 Å². The van der Waals surface area contributed by atoms with Gasteiger partial charge in [-0.2, -0.15) is 0 Å². The van der Waals surface area contributed by atoms with E-state index < -0.39 is 5.63 Å². The van der Waals surface area contributed by atoms with Crippen LogP contribution in [0, 0.1) is 0 Å². The summed E-state index contributed by atoms with van der Waals surface area (Å²) in [5.74, 6) is 0.376. The molecule has 0 unspecified atom stereocenters. The Kier molecular flexibility index (Phi) is 4.57. The maximum absolute atomic E-state index is 12.1. The van der Waals surface area contributed by atoms with Crippen molar-refractivity contribution in [3.8, 4) is 5.75 Å². The van der Waals surface area contributed by atoms with Crippen molar-refractivity contribution in [1.82, 2.24) is 0 Å². The van der Waals surface area contributed by atoms with E-state index in [9.17, 15) is 14.7 Å². The average molecular weight is 341 g/mol. The van der Waals surface area contributed by atoms with Crippen molar-refractivity contribution < 1.29 is 14.3 Å². The fourth-order valence-corrected chi connectivity index (χ4v) is 3.18. The molecule has 0 atom stereocenters. The summed E-state index contributed by atoms with van der Waals surface area (Å²) < 4.78 is 5.25. The van der Waals surface area contributed by atoms with Crippen LogP contribution in [0.15, 0.2) is 62.6 Å². The second-order valence-corrected chi connectivity index (χ2v) is 6.33. The first-order valence-corrected chi connectivity index (χ1v) is 8.26. The minimum absolute atomic E-state index is 0.0579. The van der Waals surface area contributed by atoms with Gasteiger partial charge in [-0.1, -0.05) is 6.07 Å². The second-order valence-electron chi connectivity index (χ2n) is 5.28. The lowest BCUT2D eigenvalue weighted by molar-refractivity contribution is -0.114. The van der Waals surface area contributed by atoms with Crippen molar-refractivity contribution in [3.63, 3.8) is 0 Å². The number of thioether (sulfide) groups is 1. The highest BCUT2D eigenvalue weighted by molar-refractivity contribution is 7.98. The molecule has 1 amide bonds. The van der Waals surface area contributed by atoms with Crippen molar-refractivity contribution in [2.75, 3.05) is 5.32 Å². The fourth-order valence-electron chi connectivity index (χ4n) is 2.27. The highest BCUT2D eigenvalue weighted by Gasteiger charge is 2.07. The number of anilines is 1. The largest absolute Gasteiger partial charge is 0.508 e. The zero-order chi connectivity index (χ0) is 17.1. The van der Waals surface area contributed by atoms with Crippen LogP contribution in [0.4, 0.5) is 5.69 Å². The van der Waals surface area contributed by atoms with Crippen molar-refractivity contribution in [1.29, 1.82) is 0 Å². The van der Waals surface area contributed by atoms with Crippen molar-refractivity contribution in [2.24, 2.45) is 0 Å². The smallest absolute Gasteiger partial charge is 0.340 e. The monoisotopic (exact) mass is 341 g/mol. The number of phenolic OH excluding ortho intramolecular Hbond substituents is 1. The molecular formula is C18H15NO4S. The summed E-state index contributed by atoms with van der Waals surface area (Å²) in [7, 11) is 0. The number of phenols is 1. The first kappa shape index (κ1) is 16.1. The van der Waals surface area contributed by atoms with Crippen molar-refractivity contribution in [2.45, 2.75) is 17.6 Å². The Balaban J connectivity index is 1.80. The molecule has 3 rings (SSSR count). The third-order valence-corrected chi connectivity index (χ3v) is 4.38. The molecule has 6 heteroatoms. The predicted octanol–water partition coefficient (Wildman–Crippen LogP) is 3.75. The van der Waals surface area contributed by atoms with Gasteiger partial charge in [0.2, 0.25) is 5.91 Å². The molecule has 1 aromatic heterocycles. The summed E-state index contributed by atoms with van der Waals surface area (Å²) >= 11 is 1.48. The molecular weight excluding hydrogens is 326 g/mol. The number of carbonyl (C=O) groups excluding carboxylic acids is 1. The highest BCUT2D eigenvalue weighted by Crippen LogP contribution is 2.26. The molecule has 0 bridgehead atoms. The molecule has 0 radical (unpaired) electrons. The quantitative estimate of drug-likeness (QED) is 0.558. The number of nitrogens with one attached hydrogen (secondary N) is 1. The van der Waals surface area contributed by atoms with E-state index in [1.807, 2.05) is 24.3 Å². The number of amides is 1. The van der Waals surface area contributed by atoms with Crippen LogP contribution in [0.2, 0.25) is 0 Å². The minimum Gasteiger partial charge on any atom is -0.508 e. The summed E-state index contributed by atoms with van der Waals surface area (Å²) in [5.41, 5.74) is 1.21. The molecule has 3 aromatic rings. The van der Waals surface area contributed by atoms with E-state index in [1.54, 1.807) is 18.2 Å². The van der Waals surface area contributed by atoms with Gasteiger partial charge in [0.05, 0.1) is 0 Å². The topological polar surface area (TPSA) is 79.5 Å². The van der Waals surface area contributed by atoms with Crippen LogP contribution in [-0.4, -0.2) is 11.0 Å². The van der Waals surface area contributed by atoms with E-state index in [0.717, 1.165) is 10.3 Å². The molecule has 24 heavy (non-hydrogen) atoms. The lowest BCUT2D eigenvalue weighted by Gasteiger charge is -2.06. The predicted molar refractivity (Wildman–Crippen MR) is 94.5 cm³/mol. The van der Waals surface area contributed by atoms with E-state index in [0.29, 0.717) is 22.6 Å². The van der Waals surface area contributed by atoms with Crippen molar-refractivity contribution >= 4 is 34.3 Å². The molecule has 0 fully saturated rings. The molecule has 2 N–H and O–H groups in total. The molecule has 0 saturated carbocycles. The number of carbonyl (C=O) groups is 1.